The highest BCUT2D eigenvalue weighted by Gasteiger charge is 2.45. The number of thioether (sulfide) groups is 1. The Hall–Kier alpha value is -3.13. The number of amides is 1. The van der Waals surface area contributed by atoms with Gasteiger partial charge in [0.05, 0.1) is 29.8 Å². The van der Waals surface area contributed by atoms with Crippen molar-refractivity contribution in [1.29, 1.82) is 0 Å². The molecule has 7 nitrogen and oxygen atoms in total. The highest BCUT2D eigenvalue weighted by atomic mass is 32.2. The van der Waals surface area contributed by atoms with E-state index in [0.717, 1.165) is 24.2 Å². The van der Waals surface area contributed by atoms with E-state index in [1.165, 1.54) is 31.5 Å². The summed E-state index contributed by atoms with van der Waals surface area (Å²) in [5, 5.41) is 18.5. The van der Waals surface area contributed by atoms with E-state index >= 15 is 0 Å². The molecule has 33 heavy (non-hydrogen) atoms. The summed E-state index contributed by atoms with van der Waals surface area (Å²) < 4.78 is 7.26. The molecule has 1 amide bonds. The lowest BCUT2D eigenvalue weighted by Gasteiger charge is -2.33. The second kappa shape index (κ2) is 10.2. The smallest absolute Gasteiger partial charge is 0.296 e. The molecular formula is C25H28N4O3S. The van der Waals surface area contributed by atoms with Crippen LogP contribution in [0, 0.1) is 0 Å². The number of carbonyl (C=O) groups excluding carboxylic acids is 1. The molecule has 0 fully saturated rings. The lowest BCUT2D eigenvalue weighted by atomic mass is 10.0. The summed E-state index contributed by atoms with van der Waals surface area (Å²) in [4.78, 5) is 18.9. The molecule has 3 aromatic rings. The molecule has 0 N–H and O–H groups in total. The molecule has 0 radical (unpaired) electrons. The van der Waals surface area contributed by atoms with Crippen molar-refractivity contribution in [3.8, 4) is 22.9 Å². The topological polar surface area (TPSA) is 82.3 Å². The van der Waals surface area contributed by atoms with Crippen molar-refractivity contribution in [3.05, 3.63) is 54.1 Å². The van der Waals surface area contributed by atoms with Crippen LogP contribution in [0.2, 0.25) is 0 Å². The number of para-hydroxylation sites is 2. The largest absolute Gasteiger partial charge is 0.854 e. The molecule has 1 aliphatic rings. The number of methoxy groups -OCH3 is 1. The lowest BCUT2D eigenvalue weighted by Crippen LogP contribution is -2.58. The van der Waals surface area contributed by atoms with Gasteiger partial charge in [0, 0.05) is 17.8 Å². The molecule has 0 saturated heterocycles. The molecule has 1 aliphatic heterocycles. The molecular weight excluding hydrogens is 436 g/mol. The van der Waals surface area contributed by atoms with Crippen LogP contribution in [0.5, 0.6) is 11.6 Å². The van der Waals surface area contributed by atoms with Gasteiger partial charge in [-0.2, -0.15) is 0 Å². The molecule has 4 rings (SSSR count). The van der Waals surface area contributed by atoms with E-state index in [4.69, 9.17) is 9.84 Å². The Morgan fingerprint density at radius 3 is 2.67 bits per heavy atom. The average Bonchev–Trinajstić information content (AvgIpc) is 2.82. The zero-order valence-electron chi connectivity index (χ0n) is 19.2. The molecule has 0 saturated carbocycles. The molecule has 8 heteroatoms. The van der Waals surface area contributed by atoms with Crippen LogP contribution < -0.4 is 19.4 Å². The van der Waals surface area contributed by atoms with Crippen molar-refractivity contribution in [2.75, 3.05) is 17.8 Å². The Labute approximate surface area is 198 Å². The molecule has 1 aromatic heterocycles. The third-order valence-corrected chi connectivity index (χ3v) is 6.63. The summed E-state index contributed by atoms with van der Waals surface area (Å²) in [6.45, 7) is 3.70. The Morgan fingerprint density at radius 1 is 1.15 bits per heavy atom. The summed E-state index contributed by atoms with van der Waals surface area (Å²) in [6.07, 6.45) is 3.87. The number of hydrogen-bond donors (Lipinski definition) is 0. The van der Waals surface area contributed by atoms with Gasteiger partial charge >= 0.3 is 0 Å². The van der Waals surface area contributed by atoms with Gasteiger partial charge in [0.25, 0.3) is 17.0 Å². The maximum atomic E-state index is 13.3. The predicted molar refractivity (Wildman–Crippen MR) is 126 cm³/mol. The van der Waals surface area contributed by atoms with Gasteiger partial charge < -0.3 is 9.84 Å². The SMILES string of the molecule is CCCCCCSc1nc([O-])c2[n+](n1)C(c1ccccc1OC)N(C(C)=O)c1ccccc1-2. The summed E-state index contributed by atoms with van der Waals surface area (Å²) in [5.74, 6) is 0.949. The third-order valence-electron chi connectivity index (χ3n) is 5.70. The van der Waals surface area contributed by atoms with Crippen LogP contribution in [-0.4, -0.2) is 28.9 Å². The number of anilines is 1. The molecule has 0 spiro atoms. The maximum absolute atomic E-state index is 13.3. The number of rotatable bonds is 8. The molecule has 1 atom stereocenters. The van der Waals surface area contributed by atoms with E-state index in [0.29, 0.717) is 27.9 Å². The van der Waals surface area contributed by atoms with Crippen LogP contribution in [0.3, 0.4) is 0 Å². The van der Waals surface area contributed by atoms with Crippen LogP contribution in [0.4, 0.5) is 5.69 Å². The Balaban J connectivity index is 1.87. The fraction of sp³-hybridized carbons (Fsp3) is 0.360. The quantitative estimate of drug-likeness (QED) is 0.284. The van der Waals surface area contributed by atoms with Gasteiger partial charge in [-0.05, 0) is 30.7 Å². The fourth-order valence-corrected chi connectivity index (χ4v) is 5.01. The van der Waals surface area contributed by atoms with Crippen molar-refractivity contribution in [2.24, 2.45) is 0 Å². The number of nitrogens with zero attached hydrogens (tertiary/aromatic N) is 4. The van der Waals surface area contributed by atoms with E-state index in [2.05, 4.69) is 11.9 Å². The number of aromatic nitrogens is 3. The van der Waals surface area contributed by atoms with Gasteiger partial charge in [-0.3, -0.25) is 4.79 Å². The number of unbranched alkanes of at least 4 members (excludes halogenated alkanes) is 3. The number of benzene rings is 2. The van der Waals surface area contributed by atoms with Crippen molar-refractivity contribution >= 4 is 23.4 Å². The summed E-state index contributed by atoms with van der Waals surface area (Å²) in [7, 11) is 1.59. The van der Waals surface area contributed by atoms with Crippen LogP contribution in [-0.2, 0) is 4.79 Å². The summed E-state index contributed by atoms with van der Waals surface area (Å²) >= 11 is 1.48. The first kappa shape index (κ1) is 23.0. The van der Waals surface area contributed by atoms with Crippen LogP contribution in [0.25, 0.3) is 11.3 Å². The first-order chi connectivity index (χ1) is 16.1. The van der Waals surface area contributed by atoms with E-state index in [9.17, 15) is 9.90 Å². The zero-order valence-corrected chi connectivity index (χ0v) is 20.0. The standard InChI is InChI=1S/C25H28N4O3S/c1-4-5-6-11-16-33-25-26-23(31)22-18-12-7-9-14-20(18)28(17(2)30)24(29(22)27-25)19-13-8-10-15-21(19)32-3/h7-10,12-15,24H,4-6,11,16H2,1-3H3. The van der Waals surface area contributed by atoms with Gasteiger partial charge in [-0.1, -0.05) is 66.9 Å². The van der Waals surface area contributed by atoms with Gasteiger partial charge in [-0.15, -0.1) is 0 Å². The van der Waals surface area contributed by atoms with Crippen LogP contribution in [0.1, 0.15) is 51.3 Å². The highest BCUT2D eigenvalue weighted by Crippen LogP contribution is 2.42. The number of ether oxygens (including phenoxy) is 1. The molecule has 2 aromatic carbocycles. The summed E-state index contributed by atoms with van der Waals surface area (Å²) in [5.41, 5.74) is 2.41. The van der Waals surface area contributed by atoms with Crippen molar-refractivity contribution in [1.82, 2.24) is 10.1 Å². The number of carbonyl (C=O) groups is 1. The van der Waals surface area contributed by atoms with Crippen molar-refractivity contribution in [3.63, 3.8) is 0 Å². The molecule has 172 valence electrons. The second-order valence-corrected chi connectivity index (χ2v) is 8.99. The minimum Gasteiger partial charge on any atom is -0.854 e. The van der Waals surface area contributed by atoms with Crippen molar-refractivity contribution < 1.29 is 19.3 Å². The highest BCUT2D eigenvalue weighted by molar-refractivity contribution is 7.99. The van der Waals surface area contributed by atoms with E-state index in [1.807, 2.05) is 48.5 Å². The van der Waals surface area contributed by atoms with Gasteiger partial charge in [-0.25, -0.2) is 9.88 Å². The van der Waals surface area contributed by atoms with E-state index in [1.54, 1.807) is 16.7 Å². The van der Waals surface area contributed by atoms with Gasteiger partial charge in [0.15, 0.2) is 0 Å². The maximum Gasteiger partial charge on any atom is 0.296 e. The lowest BCUT2D eigenvalue weighted by molar-refractivity contribution is -0.764. The van der Waals surface area contributed by atoms with Gasteiger partial charge in [0.1, 0.15) is 5.75 Å². The molecule has 0 bridgehead atoms. The Kier molecular flexibility index (Phi) is 7.13. The van der Waals surface area contributed by atoms with E-state index in [-0.39, 0.29) is 11.8 Å². The van der Waals surface area contributed by atoms with Crippen molar-refractivity contribution in [2.45, 2.75) is 50.9 Å². The zero-order chi connectivity index (χ0) is 23.4. The van der Waals surface area contributed by atoms with E-state index < -0.39 is 6.17 Å². The first-order valence-corrected chi connectivity index (χ1v) is 12.2. The average molecular weight is 465 g/mol. The minimum atomic E-state index is -0.668. The summed E-state index contributed by atoms with van der Waals surface area (Å²) in [6, 6.07) is 14.9. The Bertz CT molecular complexity index is 1150. The molecule has 2 heterocycles. The predicted octanol–water partition coefficient (Wildman–Crippen LogP) is 4.10. The Morgan fingerprint density at radius 2 is 1.91 bits per heavy atom. The second-order valence-electron chi connectivity index (χ2n) is 7.92. The van der Waals surface area contributed by atoms with Crippen LogP contribution in [0.15, 0.2) is 53.7 Å². The normalized spacial score (nSPS) is 14.5. The molecule has 0 aliphatic carbocycles. The van der Waals surface area contributed by atoms with Crippen LogP contribution >= 0.6 is 11.8 Å². The third kappa shape index (κ3) is 4.53. The minimum absolute atomic E-state index is 0.156. The number of hydrogen-bond acceptors (Lipinski definition) is 6. The number of fused-ring (bicyclic) bond motifs is 3. The monoisotopic (exact) mass is 464 g/mol. The first-order valence-electron chi connectivity index (χ1n) is 11.2. The fourth-order valence-electron chi connectivity index (χ4n) is 4.19. The molecule has 1 unspecified atom stereocenters. The van der Waals surface area contributed by atoms with Gasteiger partial charge in [0.2, 0.25) is 5.91 Å².